The van der Waals surface area contributed by atoms with Crippen molar-refractivity contribution in [1.29, 1.82) is 5.41 Å². The number of halogens is 1. The Morgan fingerprint density at radius 2 is 2.12 bits per heavy atom. The summed E-state index contributed by atoms with van der Waals surface area (Å²) in [5.41, 5.74) is 1.07. The van der Waals surface area contributed by atoms with E-state index in [1.165, 1.54) is 13.8 Å². The molecule has 1 aromatic heterocycles. The topological polar surface area (TPSA) is 39.6 Å². The summed E-state index contributed by atoms with van der Waals surface area (Å²) in [4.78, 5) is 2.97. The van der Waals surface area contributed by atoms with Crippen molar-refractivity contribution < 1.29 is 4.39 Å². The van der Waals surface area contributed by atoms with E-state index in [9.17, 15) is 4.39 Å². The fraction of sp³-hybridized carbons (Fsp3) is 0.357. The molecule has 92 valence electrons. The second-order valence-electron chi connectivity index (χ2n) is 4.50. The molecule has 0 saturated heterocycles. The van der Waals surface area contributed by atoms with Gasteiger partial charge in [-0.1, -0.05) is 6.08 Å². The Bertz CT molecular complexity index is 445. The molecule has 1 aromatic rings. The Balaban J connectivity index is 3.19. The Kier molecular flexibility index (Phi) is 4.05. The van der Waals surface area contributed by atoms with Gasteiger partial charge in [-0.15, -0.1) is 0 Å². The van der Waals surface area contributed by atoms with Gasteiger partial charge in [-0.2, -0.15) is 0 Å². The third-order valence-electron chi connectivity index (χ3n) is 2.59. The van der Waals surface area contributed by atoms with Crippen molar-refractivity contribution in [3.8, 4) is 0 Å². The number of H-pyrrole nitrogens is 1. The minimum atomic E-state index is -1.50. The van der Waals surface area contributed by atoms with E-state index in [2.05, 4.69) is 4.98 Å². The molecule has 17 heavy (non-hydrogen) atoms. The monoisotopic (exact) mass is 234 g/mol. The minimum absolute atomic E-state index is 0.257. The zero-order valence-electron chi connectivity index (χ0n) is 10.8. The van der Waals surface area contributed by atoms with Gasteiger partial charge in [0.25, 0.3) is 0 Å². The number of rotatable bonds is 4. The molecule has 2 N–H and O–H groups in total. The third kappa shape index (κ3) is 3.41. The molecule has 0 saturated carbocycles. The molecule has 0 aliphatic rings. The summed E-state index contributed by atoms with van der Waals surface area (Å²) in [5.74, 6) is 0. The maximum Gasteiger partial charge on any atom is 0.132 e. The fourth-order valence-corrected chi connectivity index (χ4v) is 1.72. The van der Waals surface area contributed by atoms with E-state index in [0.29, 0.717) is 5.57 Å². The molecule has 2 nitrogen and oxygen atoms in total. The highest BCUT2D eigenvalue weighted by Gasteiger charge is 2.23. The summed E-state index contributed by atoms with van der Waals surface area (Å²) in [7, 11) is 0. The Morgan fingerprint density at radius 1 is 1.47 bits per heavy atom. The SMILES string of the molecule is C/C=C(\C=C(/C(C)=N)C(C)(C)F)c1cc[nH]c1. The van der Waals surface area contributed by atoms with E-state index >= 15 is 0 Å². The van der Waals surface area contributed by atoms with Crippen LogP contribution in [0.4, 0.5) is 4.39 Å². The Hall–Kier alpha value is -1.64. The van der Waals surface area contributed by atoms with Crippen LogP contribution < -0.4 is 0 Å². The van der Waals surface area contributed by atoms with Crippen LogP contribution in [-0.2, 0) is 0 Å². The fourth-order valence-electron chi connectivity index (χ4n) is 1.72. The standard InChI is InChI=1S/C14H19FN2/c1-5-11(12-6-7-17-9-12)8-13(10(2)16)14(3,4)15/h5-9,16-17H,1-4H3/b11-5+,13-8+,16-10?. The predicted octanol–water partition coefficient (Wildman–Crippen LogP) is 4.13. The summed E-state index contributed by atoms with van der Waals surface area (Å²) in [6.45, 7) is 6.46. The molecule has 0 aliphatic carbocycles. The molecular weight excluding hydrogens is 215 g/mol. The number of aromatic nitrogens is 1. The highest BCUT2D eigenvalue weighted by molar-refractivity contribution is 6.00. The van der Waals surface area contributed by atoms with Crippen LogP contribution in [0.25, 0.3) is 5.57 Å². The van der Waals surface area contributed by atoms with E-state index in [4.69, 9.17) is 5.41 Å². The van der Waals surface area contributed by atoms with E-state index < -0.39 is 5.67 Å². The van der Waals surface area contributed by atoms with Crippen molar-refractivity contribution in [2.75, 3.05) is 0 Å². The van der Waals surface area contributed by atoms with Crippen LogP contribution in [0.1, 0.15) is 33.3 Å². The van der Waals surface area contributed by atoms with Gasteiger partial charge in [0.15, 0.2) is 0 Å². The van der Waals surface area contributed by atoms with Gasteiger partial charge >= 0.3 is 0 Å². The molecule has 0 fully saturated rings. The largest absolute Gasteiger partial charge is 0.367 e. The van der Waals surface area contributed by atoms with Crippen LogP contribution >= 0.6 is 0 Å². The normalized spacial score (nSPS) is 13.9. The highest BCUT2D eigenvalue weighted by Crippen LogP contribution is 2.26. The second-order valence-corrected chi connectivity index (χ2v) is 4.50. The molecule has 0 amide bonds. The van der Waals surface area contributed by atoms with Crippen LogP contribution in [0.15, 0.2) is 36.2 Å². The van der Waals surface area contributed by atoms with Gasteiger partial charge in [0.1, 0.15) is 5.67 Å². The lowest BCUT2D eigenvalue weighted by atomic mass is 9.92. The van der Waals surface area contributed by atoms with Crippen LogP contribution in [0.3, 0.4) is 0 Å². The molecule has 0 radical (unpaired) electrons. The molecule has 0 unspecified atom stereocenters. The second kappa shape index (κ2) is 5.13. The number of allylic oxidation sites excluding steroid dienone is 4. The molecule has 0 aromatic carbocycles. The van der Waals surface area contributed by atoms with Gasteiger partial charge in [-0.05, 0) is 51.0 Å². The van der Waals surface area contributed by atoms with Gasteiger partial charge in [-0.25, -0.2) is 4.39 Å². The van der Waals surface area contributed by atoms with Crippen LogP contribution in [0.2, 0.25) is 0 Å². The summed E-state index contributed by atoms with van der Waals surface area (Å²) in [5, 5.41) is 7.66. The lowest BCUT2D eigenvalue weighted by molar-refractivity contribution is 0.277. The summed E-state index contributed by atoms with van der Waals surface area (Å²) in [6.07, 6.45) is 7.33. The van der Waals surface area contributed by atoms with Crippen LogP contribution in [-0.4, -0.2) is 16.4 Å². The molecule has 0 spiro atoms. The number of alkyl halides is 1. The summed E-state index contributed by atoms with van der Waals surface area (Å²) >= 11 is 0. The maximum absolute atomic E-state index is 14.0. The number of aromatic amines is 1. The lowest BCUT2D eigenvalue weighted by Crippen LogP contribution is -2.21. The smallest absolute Gasteiger partial charge is 0.132 e. The number of hydrogen-bond donors (Lipinski definition) is 2. The quantitative estimate of drug-likeness (QED) is 0.581. The summed E-state index contributed by atoms with van der Waals surface area (Å²) in [6, 6.07) is 1.92. The van der Waals surface area contributed by atoms with E-state index in [0.717, 1.165) is 11.1 Å². The molecular formula is C14H19FN2. The maximum atomic E-state index is 14.0. The van der Waals surface area contributed by atoms with Crippen molar-refractivity contribution in [1.82, 2.24) is 4.98 Å². The third-order valence-corrected chi connectivity index (χ3v) is 2.59. The van der Waals surface area contributed by atoms with Crippen molar-refractivity contribution in [2.24, 2.45) is 0 Å². The average molecular weight is 234 g/mol. The summed E-state index contributed by atoms with van der Waals surface area (Å²) < 4.78 is 14.0. The first-order valence-electron chi connectivity index (χ1n) is 5.62. The van der Waals surface area contributed by atoms with Gasteiger partial charge in [0, 0.05) is 23.7 Å². The van der Waals surface area contributed by atoms with E-state index in [-0.39, 0.29) is 5.71 Å². The van der Waals surface area contributed by atoms with Gasteiger partial charge < -0.3 is 10.4 Å². The van der Waals surface area contributed by atoms with Gasteiger partial charge in [0.05, 0.1) is 0 Å². The first-order valence-corrected chi connectivity index (χ1v) is 5.62. The zero-order chi connectivity index (χ0) is 13.1. The van der Waals surface area contributed by atoms with Crippen molar-refractivity contribution in [3.63, 3.8) is 0 Å². The van der Waals surface area contributed by atoms with Crippen molar-refractivity contribution in [3.05, 3.63) is 41.7 Å². The van der Waals surface area contributed by atoms with Crippen molar-refractivity contribution >= 4 is 11.3 Å². The van der Waals surface area contributed by atoms with Crippen LogP contribution in [0.5, 0.6) is 0 Å². The predicted molar refractivity (Wildman–Crippen MR) is 71.1 cm³/mol. The Labute approximate surface area is 102 Å². The van der Waals surface area contributed by atoms with Crippen molar-refractivity contribution in [2.45, 2.75) is 33.4 Å². The lowest BCUT2D eigenvalue weighted by Gasteiger charge is -2.18. The first-order chi connectivity index (χ1) is 7.86. The van der Waals surface area contributed by atoms with E-state index in [1.54, 1.807) is 13.0 Å². The molecule has 3 heteroatoms. The highest BCUT2D eigenvalue weighted by atomic mass is 19.1. The molecule has 0 bridgehead atoms. The number of hydrogen-bond acceptors (Lipinski definition) is 1. The molecule has 0 atom stereocenters. The van der Waals surface area contributed by atoms with Gasteiger partial charge in [-0.3, -0.25) is 0 Å². The minimum Gasteiger partial charge on any atom is -0.367 e. The zero-order valence-corrected chi connectivity index (χ0v) is 10.8. The number of nitrogens with one attached hydrogen (secondary N) is 2. The van der Waals surface area contributed by atoms with Crippen LogP contribution in [0, 0.1) is 5.41 Å². The molecule has 1 heterocycles. The average Bonchev–Trinajstić information content (AvgIpc) is 2.69. The molecule has 0 aliphatic heterocycles. The first kappa shape index (κ1) is 13.4. The molecule has 1 rings (SSSR count). The van der Waals surface area contributed by atoms with E-state index in [1.807, 2.05) is 31.5 Å². The Morgan fingerprint density at radius 3 is 2.47 bits per heavy atom. The van der Waals surface area contributed by atoms with Gasteiger partial charge in [0.2, 0.25) is 0 Å².